The molecule has 5 rings (SSSR count). The third-order valence-electron chi connectivity index (χ3n) is 6.28. The van der Waals surface area contributed by atoms with Gasteiger partial charge in [-0.3, -0.25) is 9.59 Å². The highest BCUT2D eigenvalue weighted by Crippen LogP contribution is 2.31. The van der Waals surface area contributed by atoms with Crippen LogP contribution in [0.5, 0.6) is 5.75 Å². The van der Waals surface area contributed by atoms with Gasteiger partial charge in [-0.15, -0.1) is 0 Å². The largest absolute Gasteiger partial charge is 0.497 e. The van der Waals surface area contributed by atoms with Gasteiger partial charge in [-0.05, 0) is 79.3 Å². The Balaban J connectivity index is 1.54. The minimum absolute atomic E-state index is 0.176. The summed E-state index contributed by atoms with van der Waals surface area (Å²) >= 11 is 0. The second-order valence-corrected chi connectivity index (χ2v) is 8.30. The minimum Gasteiger partial charge on any atom is -0.497 e. The molecule has 0 bridgehead atoms. The van der Waals surface area contributed by atoms with Crippen LogP contribution < -0.4 is 15.8 Å². The Morgan fingerprint density at radius 3 is 2.48 bits per heavy atom. The fraction of sp³-hybridized carbons (Fsp3) is 0.185. The number of amides is 1. The van der Waals surface area contributed by atoms with Crippen LogP contribution in [0.2, 0.25) is 0 Å². The molecular formula is C27H25N3O3. The normalized spacial score (nSPS) is 12.9. The number of methoxy groups -OCH3 is 1. The molecule has 0 spiro atoms. The molecule has 1 amide bonds. The summed E-state index contributed by atoms with van der Waals surface area (Å²) in [6, 6.07) is 18.4. The molecule has 0 radical (unpaired) electrons. The number of nitrogens with two attached hydrogens (primary N) is 1. The van der Waals surface area contributed by atoms with Crippen LogP contribution in [-0.4, -0.2) is 23.2 Å². The van der Waals surface area contributed by atoms with Crippen molar-refractivity contribution in [1.82, 2.24) is 4.40 Å². The van der Waals surface area contributed by atoms with Crippen molar-refractivity contribution in [3.8, 4) is 5.75 Å². The number of aromatic nitrogens is 1. The maximum absolute atomic E-state index is 13.6. The van der Waals surface area contributed by atoms with Crippen LogP contribution in [0.4, 0.5) is 11.4 Å². The van der Waals surface area contributed by atoms with Crippen molar-refractivity contribution in [3.05, 3.63) is 94.8 Å². The second kappa shape index (κ2) is 8.47. The lowest BCUT2D eigenvalue weighted by atomic mass is 9.89. The Morgan fingerprint density at radius 2 is 1.73 bits per heavy atom. The van der Waals surface area contributed by atoms with Gasteiger partial charge < -0.3 is 20.2 Å². The Kier molecular flexibility index (Phi) is 5.34. The highest BCUT2D eigenvalue weighted by molar-refractivity contribution is 6.20. The molecule has 0 fully saturated rings. The predicted octanol–water partition coefficient (Wildman–Crippen LogP) is 4.89. The summed E-state index contributed by atoms with van der Waals surface area (Å²) in [7, 11) is 1.59. The van der Waals surface area contributed by atoms with Crippen LogP contribution in [0.1, 0.15) is 50.4 Å². The molecule has 1 aliphatic carbocycles. The number of rotatable bonds is 5. The number of aryl methyl sites for hydroxylation is 2. The Bertz CT molecular complexity index is 1370. The molecule has 2 aromatic carbocycles. The van der Waals surface area contributed by atoms with E-state index in [0.717, 1.165) is 19.3 Å². The second-order valence-electron chi connectivity index (χ2n) is 8.30. The Hall–Kier alpha value is -4.06. The third-order valence-corrected chi connectivity index (χ3v) is 6.28. The lowest BCUT2D eigenvalue weighted by molar-refractivity contribution is 0.102. The molecule has 4 aromatic rings. The lowest BCUT2D eigenvalue weighted by Gasteiger charge is -2.16. The summed E-state index contributed by atoms with van der Waals surface area (Å²) in [5.41, 5.74) is 11.6. The molecule has 166 valence electrons. The van der Waals surface area contributed by atoms with Crippen LogP contribution in [0.3, 0.4) is 0 Å². The lowest BCUT2D eigenvalue weighted by Crippen LogP contribution is -2.14. The highest BCUT2D eigenvalue weighted by Gasteiger charge is 2.26. The average molecular weight is 440 g/mol. The molecule has 33 heavy (non-hydrogen) atoms. The number of pyridine rings is 1. The van der Waals surface area contributed by atoms with E-state index in [1.807, 2.05) is 30.3 Å². The van der Waals surface area contributed by atoms with Gasteiger partial charge in [0.25, 0.3) is 5.91 Å². The van der Waals surface area contributed by atoms with E-state index in [-0.39, 0.29) is 22.9 Å². The first-order valence-corrected chi connectivity index (χ1v) is 11.1. The zero-order chi connectivity index (χ0) is 22.9. The monoisotopic (exact) mass is 439 g/mol. The van der Waals surface area contributed by atoms with E-state index >= 15 is 0 Å². The molecular weight excluding hydrogens is 414 g/mol. The van der Waals surface area contributed by atoms with Gasteiger partial charge >= 0.3 is 0 Å². The summed E-state index contributed by atoms with van der Waals surface area (Å²) in [4.78, 5) is 26.8. The van der Waals surface area contributed by atoms with Gasteiger partial charge in [-0.25, -0.2) is 0 Å². The smallest absolute Gasteiger partial charge is 0.259 e. The van der Waals surface area contributed by atoms with E-state index in [1.54, 1.807) is 48.0 Å². The van der Waals surface area contributed by atoms with E-state index < -0.39 is 0 Å². The van der Waals surface area contributed by atoms with Gasteiger partial charge in [0.2, 0.25) is 5.78 Å². The van der Waals surface area contributed by atoms with Crippen LogP contribution in [0.25, 0.3) is 5.52 Å². The number of ketones is 1. The standard InChI is InChI=1S/C27H25N3O3/c1-33-21-13-11-20(12-14-21)29-27(32)23-22-8-4-5-15-30(22)25(24(23)28)26(31)19-10-9-17-6-2-3-7-18(17)16-19/h4-5,8-16H,2-3,6-7,28H2,1H3,(H,29,32). The molecule has 1 aliphatic rings. The van der Waals surface area contributed by atoms with Gasteiger partial charge in [0.15, 0.2) is 0 Å². The molecule has 0 atom stereocenters. The van der Waals surface area contributed by atoms with E-state index in [0.29, 0.717) is 28.2 Å². The summed E-state index contributed by atoms with van der Waals surface area (Å²) in [5, 5.41) is 2.88. The van der Waals surface area contributed by atoms with E-state index in [9.17, 15) is 9.59 Å². The summed E-state index contributed by atoms with van der Waals surface area (Å²) in [6.07, 6.45) is 6.12. The number of carbonyl (C=O) groups is 2. The average Bonchev–Trinajstić information content (AvgIpc) is 3.15. The number of fused-ring (bicyclic) bond motifs is 2. The van der Waals surface area contributed by atoms with Gasteiger partial charge in [0.1, 0.15) is 11.4 Å². The fourth-order valence-electron chi connectivity index (χ4n) is 4.58. The third kappa shape index (κ3) is 3.74. The number of hydrogen-bond donors (Lipinski definition) is 2. The summed E-state index contributed by atoms with van der Waals surface area (Å²) in [5.74, 6) is 0.135. The van der Waals surface area contributed by atoms with Crippen molar-refractivity contribution in [1.29, 1.82) is 0 Å². The summed E-state index contributed by atoms with van der Waals surface area (Å²) < 4.78 is 6.88. The maximum Gasteiger partial charge on any atom is 0.259 e. The van der Waals surface area contributed by atoms with Crippen molar-refractivity contribution in [3.63, 3.8) is 0 Å². The first-order chi connectivity index (χ1) is 16.1. The molecule has 6 nitrogen and oxygen atoms in total. The molecule has 0 unspecified atom stereocenters. The molecule has 0 saturated carbocycles. The first-order valence-electron chi connectivity index (χ1n) is 11.1. The molecule has 0 aliphatic heterocycles. The van der Waals surface area contributed by atoms with Crippen LogP contribution in [0.15, 0.2) is 66.9 Å². The number of anilines is 2. The summed E-state index contributed by atoms with van der Waals surface area (Å²) in [6.45, 7) is 0. The highest BCUT2D eigenvalue weighted by atomic mass is 16.5. The van der Waals surface area contributed by atoms with Crippen molar-refractivity contribution in [2.45, 2.75) is 25.7 Å². The van der Waals surface area contributed by atoms with Crippen molar-refractivity contribution in [2.24, 2.45) is 0 Å². The number of ether oxygens (including phenoxy) is 1. The van der Waals surface area contributed by atoms with E-state index in [2.05, 4.69) is 5.32 Å². The van der Waals surface area contributed by atoms with Gasteiger partial charge in [-0.2, -0.15) is 0 Å². The molecule has 0 saturated heterocycles. The van der Waals surface area contributed by atoms with Crippen LogP contribution in [0, 0.1) is 0 Å². The zero-order valence-electron chi connectivity index (χ0n) is 18.4. The van der Waals surface area contributed by atoms with Crippen molar-refractivity contribution >= 4 is 28.6 Å². The molecule has 3 N–H and O–H groups in total. The zero-order valence-corrected chi connectivity index (χ0v) is 18.4. The number of carbonyl (C=O) groups excluding carboxylic acids is 2. The van der Waals surface area contributed by atoms with Crippen molar-refractivity contribution in [2.75, 3.05) is 18.2 Å². The van der Waals surface area contributed by atoms with Gasteiger partial charge in [-0.1, -0.05) is 18.2 Å². The fourth-order valence-corrected chi connectivity index (χ4v) is 4.58. The van der Waals surface area contributed by atoms with Crippen LogP contribution >= 0.6 is 0 Å². The minimum atomic E-state index is -0.370. The molecule has 2 heterocycles. The Morgan fingerprint density at radius 1 is 0.970 bits per heavy atom. The molecule has 2 aromatic heterocycles. The number of nitrogens with zero attached hydrogens (tertiary/aromatic N) is 1. The van der Waals surface area contributed by atoms with E-state index in [1.165, 1.54) is 17.5 Å². The van der Waals surface area contributed by atoms with Gasteiger partial charge in [0.05, 0.1) is 23.9 Å². The number of nitrogens with one attached hydrogen (secondary N) is 1. The number of benzene rings is 2. The quantitative estimate of drug-likeness (QED) is 0.434. The van der Waals surface area contributed by atoms with Crippen molar-refractivity contribution < 1.29 is 14.3 Å². The number of hydrogen-bond acceptors (Lipinski definition) is 4. The topological polar surface area (TPSA) is 85.8 Å². The predicted molar refractivity (Wildman–Crippen MR) is 129 cm³/mol. The molecule has 6 heteroatoms. The van der Waals surface area contributed by atoms with Crippen LogP contribution in [-0.2, 0) is 12.8 Å². The Labute approximate surface area is 192 Å². The van der Waals surface area contributed by atoms with E-state index in [4.69, 9.17) is 10.5 Å². The maximum atomic E-state index is 13.6. The first kappa shape index (κ1) is 20.8. The number of nitrogen functional groups attached to an aromatic ring is 1. The SMILES string of the molecule is COc1ccc(NC(=O)c2c(N)c(C(=O)c3ccc4c(c3)CCCC4)n3ccccc23)cc1. The van der Waals surface area contributed by atoms with Gasteiger partial charge in [0, 0.05) is 17.4 Å².